The lowest BCUT2D eigenvalue weighted by Crippen LogP contribution is -2.45. The van der Waals surface area contributed by atoms with Gasteiger partial charge in [-0.05, 0) is 230 Å². The van der Waals surface area contributed by atoms with E-state index in [4.69, 9.17) is 57.3 Å². The average Bonchev–Trinajstić information content (AvgIpc) is 0.798. The third-order valence-corrected chi connectivity index (χ3v) is 30.3. The fraction of sp³-hybridized carbons (Fsp3) is 0.559. The van der Waals surface area contributed by atoms with Crippen LogP contribution < -0.4 is 74.8 Å². The van der Waals surface area contributed by atoms with E-state index in [1.165, 1.54) is 5.56 Å². The van der Waals surface area contributed by atoms with Crippen LogP contribution in [0.3, 0.4) is 0 Å². The maximum absolute atomic E-state index is 12.4. The van der Waals surface area contributed by atoms with Gasteiger partial charge in [-0.25, -0.2) is 59.6 Å². The fourth-order valence-electron chi connectivity index (χ4n) is 21.9. The predicted molar refractivity (Wildman–Crippen MR) is 580 cm³/mol. The summed E-state index contributed by atoms with van der Waals surface area (Å²) in [5.41, 5.74) is 14.0. The van der Waals surface area contributed by atoms with Gasteiger partial charge in [-0.1, -0.05) is 0 Å². The van der Waals surface area contributed by atoms with Gasteiger partial charge in [-0.2, -0.15) is 4.98 Å². The number of morpholine rings is 4. The van der Waals surface area contributed by atoms with Crippen molar-refractivity contribution in [2.24, 2.45) is 0 Å². The number of piperazine rings is 1. The van der Waals surface area contributed by atoms with Crippen molar-refractivity contribution in [1.82, 2.24) is 94.9 Å². The summed E-state index contributed by atoms with van der Waals surface area (Å²) < 4.78 is 59.2. The molecule has 7 saturated heterocycles. The quantitative estimate of drug-likeness (QED) is 0.0375. The van der Waals surface area contributed by atoms with Gasteiger partial charge < -0.3 is 108 Å². The highest BCUT2D eigenvalue weighted by Gasteiger charge is 2.35. The molecule has 0 bridgehead atoms. The Labute approximate surface area is 877 Å². The molecule has 7 aliphatic heterocycles. The number of anilines is 9. The zero-order valence-corrected chi connectivity index (χ0v) is 87.9. The molecule has 11 aliphatic rings. The molecule has 11 fully saturated rings. The Balaban J connectivity index is 0.000000121. The van der Waals surface area contributed by atoms with Gasteiger partial charge in [0.25, 0.3) is 0 Å². The Hall–Kier alpha value is -13.2. The number of piperidine rings is 2. The normalized spacial score (nSPS) is 22.4. The summed E-state index contributed by atoms with van der Waals surface area (Å²) in [5.74, 6) is 9.57. The molecule has 0 spiro atoms. The lowest BCUT2D eigenvalue weighted by atomic mass is 9.91. The number of methoxy groups -OCH3 is 1. The average molecular weight is 2050 g/mol. The highest BCUT2D eigenvalue weighted by atomic mass is 16.6. The number of aromatic nitrogens is 16. The first-order chi connectivity index (χ1) is 73.4. The number of hydrogen-bond acceptors (Lipinski definition) is 38. The van der Waals surface area contributed by atoms with Gasteiger partial charge >= 0.3 is 6.09 Å². The van der Waals surface area contributed by atoms with Crippen LogP contribution in [0.25, 0.3) is 44.1 Å². The Bertz CT molecular complexity index is 6370. The molecule has 1 amide bonds. The SMILES string of the molecule is CC(C)(C)OC(=O)N1CCC(c2cnc(NC3CCC(Oc4cc(N5CCOCC5)cc5nccnc45)CC3)nc2)CC1.COc1cc(C)nc(NC2CCC(Oc3cc(N4CCOCC4)cc4nccnc34)CC2)n1.Cc1nc(NC2CCC(Oc3cc(N4CCOCC4)cc4nccnc34)CC2)cc(N2CCN(C)CC2)n1.c1cnc2c(OC3CCC(Nc4ncc(C5CCNCC5)cn4)CC3)cc(N3CCOCC3)cc2n1. The monoisotopic (exact) mass is 2050 g/mol. The lowest BCUT2D eigenvalue weighted by Gasteiger charge is -2.34. The Morgan fingerprint density at radius 1 is 0.353 bits per heavy atom. The molecule has 39 heteroatoms. The second-order valence-corrected chi connectivity index (χ2v) is 42.1. The second-order valence-electron chi connectivity index (χ2n) is 42.1. The Morgan fingerprint density at radius 3 is 1.05 bits per heavy atom. The van der Waals surface area contributed by atoms with Gasteiger partial charge in [-0.3, -0.25) is 19.9 Å². The largest absolute Gasteiger partial charge is 0.488 e. The Kier molecular flexibility index (Phi) is 34.7. The number of likely N-dealkylation sites (N-methyl/N-ethyl adjacent to an activating group) is 1. The standard InChI is InChI=1S/C32H43N7O4.C28H38N8O2.C27H35N7O2.C24H30N6O3/c1-32(2,3)43-31(40)39-12-8-22(9-13-39)23-20-35-30(36-21-23)37-24-4-6-26(7-5-24)42-28-19-25(38-14-16-41-17-15-38)18-27-29(28)34-11-10-33-27;1-20-31-26(19-27(32-20)36-11-9-34(2)10-12-36)33-21-3-5-23(6-4-21)38-25-18-22(35-13-15-37-16-14-35)17-24-28(25)30-8-7-29-24;1-3-23(4-2-21(1)33-27-31-17-20(18-32-27)19-5-7-28-8-6-19)36-25-16-22(34-11-13-35-14-12-34)15-24-26(25)30-10-9-29-24;1-16-13-22(31-2)29-24(27-16)28-17-3-5-19(6-4-17)33-21-15-18(30-9-11-32-12-10-30)14-20-23(21)26-8-7-25-20/h10-11,18-22,24,26H,4-9,12-17H2,1-3H3,(H,35,36,37);7-8,17-19,21,23H,3-6,9-16H2,1-2H3,(H,31,32,33);9-10,15-19,21,23,28H,1-8,11-14H2,(H,31,32,33);7-8,13-15,17,19H,3-6,9-12H2,1-2H3,(H,27,28,29). The van der Waals surface area contributed by atoms with Crippen molar-refractivity contribution in [2.45, 2.75) is 229 Å². The molecule has 4 aliphatic carbocycles. The molecule has 0 radical (unpaired) electrons. The van der Waals surface area contributed by atoms with Gasteiger partial charge in [0.1, 0.15) is 68.1 Å². The number of carbonyl (C=O) groups excluding carboxylic acids is 1. The van der Waals surface area contributed by atoms with E-state index < -0.39 is 5.60 Å². The van der Waals surface area contributed by atoms with Crippen LogP contribution in [0.2, 0.25) is 0 Å². The smallest absolute Gasteiger partial charge is 0.410 e. The molecule has 8 aromatic heterocycles. The summed E-state index contributed by atoms with van der Waals surface area (Å²) in [5, 5.41) is 17.7. The van der Waals surface area contributed by atoms with E-state index >= 15 is 0 Å². The van der Waals surface area contributed by atoms with Crippen molar-refractivity contribution in [2.75, 3.05) is 217 Å². The fourth-order valence-corrected chi connectivity index (χ4v) is 21.9. The lowest BCUT2D eigenvalue weighted by molar-refractivity contribution is 0.0204. The molecule has 23 rings (SSSR count). The van der Waals surface area contributed by atoms with Crippen molar-refractivity contribution < 1.29 is 52.2 Å². The molecule has 5 N–H and O–H groups in total. The molecular formula is C111H146N28O11. The van der Waals surface area contributed by atoms with Crippen LogP contribution >= 0.6 is 0 Å². The van der Waals surface area contributed by atoms with E-state index in [2.05, 4.69) is 187 Å². The van der Waals surface area contributed by atoms with Gasteiger partial charge in [0, 0.05) is 255 Å². The molecule has 150 heavy (non-hydrogen) atoms. The van der Waals surface area contributed by atoms with E-state index in [0.717, 1.165) is 397 Å². The number of nitrogens with one attached hydrogen (secondary N) is 5. The number of nitrogens with zero attached hydrogens (tertiary/aromatic N) is 23. The summed E-state index contributed by atoms with van der Waals surface area (Å²) in [7, 11) is 3.79. The van der Waals surface area contributed by atoms with Crippen molar-refractivity contribution in [3.63, 3.8) is 0 Å². The first-order valence-electron chi connectivity index (χ1n) is 54.4. The summed E-state index contributed by atoms with van der Waals surface area (Å²) >= 11 is 0. The maximum Gasteiger partial charge on any atom is 0.410 e. The van der Waals surface area contributed by atoms with E-state index in [0.29, 0.717) is 66.9 Å². The molecule has 0 atom stereocenters. The zero-order valence-electron chi connectivity index (χ0n) is 87.9. The zero-order chi connectivity index (χ0) is 102. The van der Waals surface area contributed by atoms with Crippen LogP contribution in [-0.4, -0.2) is 322 Å². The molecule has 796 valence electrons. The predicted octanol–water partition coefficient (Wildman–Crippen LogP) is 15.2. The number of carbonyl (C=O) groups is 1. The number of benzene rings is 4. The van der Waals surface area contributed by atoms with Crippen LogP contribution in [0, 0.1) is 13.8 Å². The van der Waals surface area contributed by atoms with E-state index in [1.54, 1.807) is 61.6 Å². The molecule has 0 unspecified atom stereocenters. The molecule has 12 aromatic rings. The van der Waals surface area contributed by atoms with Crippen molar-refractivity contribution >= 4 is 102 Å². The molecule has 4 aromatic carbocycles. The van der Waals surface area contributed by atoms with Gasteiger partial charge in [0.05, 0.1) is 106 Å². The van der Waals surface area contributed by atoms with Crippen LogP contribution in [0.5, 0.6) is 28.9 Å². The number of aryl methyl sites for hydroxylation is 2. The summed E-state index contributed by atoms with van der Waals surface area (Å²) in [6.45, 7) is 30.1. The summed E-state index contributed by atoms with van der Waals surface area (Å²) in [4.78, 5) is 102. The first-order valence-corrected chi connectivity index (χ1v) is 54.4. The van der Waals surface area contributed by atoms with Crippen molar-refractivity contribution in [1.29, 1.82) is 0 Å². The minimum Gasteiger partial charge on any atom is -0.488 e. The van der Waals surface area contributed by atoms with E-state index in [9.17, 15) is 4.79 Å². The maximum atomic E-state index is 12.4. The summed E-state index contributed by atoms with van der Waals surface area (Å²) in [6.07, 6.45) is 42.0. The van der Waals surface area contributed by atoms with Crippen LogP contribution in [0.4, 0.5) is 57.0 Å². The highest BCUT2D eigenvalue weighted by Crippen LogP contribution is 2.42. The summed E-state index contributed by atoms with van der Waals surface area (Å²) in [6, 6.07) is 22.2. The van der Waals surface area contributed by atoms with Crippen molar-refractivity contribution in [3.05, 3.63) is 158 Å². The molecular weight excluding hydrogens is 1900 g/mol. The van der Waals surface area contributed by atoms with Gasteiger partial charge in [-0.15, -0.1) is 0 Å². The number of amides is 1. The van der Waals surface area contributed by atoms with Crippen molar-refractivity contribution in [3.8, 4) is 28.9 Å². The van der Waals surface area contributed by atoms with Crippen LogP contribution in [0.1, 0.15) is 184 Å². The molecule has 4 saturated carbocycles. The topological polar surface area (TPSA) is 398 Å². The molecule has 39 nitrogen and oxygen atoms in total. The molecule has 15 heterocycles. The van der Waals surface area contributed by atoms with Crippen LogP contribution in [0.15, 0.2) is 135 Å². The third-order valence-electron chi connectivity index (χ3n) is 30.3. The van der Waals surface area contributed by atoms with Crippen LogP contribution in [-0.2, 0) is 23.7 Å². The Morgan fingerprint density at radius 2 is 0.693 bits per heavy atom. The highest BCUT2D eigenvalue weighted by molar-refractivity contribution is 5.88. The van der Waals surface area contributed by atoms with Gasteiger partial charge in [0.15, 0.2) is 0 Å². The minimum atomic E-state index is -0.476. The first kappa shape index (κ1) is 104. The second kappa shape index (κ2) is 50.2. The van der Waals surface area contributed by atoms with E-state index in [-0.39, 0.29) is 30.5 Å². The number of ether oxygens (including phenoxy) is 10. The number of rotatable bonds is 24. The third kappa shape index (κ3) is 28.0. The number of hydrogen-bond donors (Lipinski definition) is 5. The number of likely N-dealkylation sites (tertiary alicyclic amines) is 1. The van der Waals surface area contributed by atoms with E-state index in [1.807, 2.05) is 65.5 Å². The van der Waals surface area contributed by atoms with Gasteiger partial charge in [0.2, 0.25) is 23.7 Å². The number of fused-ring (bicyclic) bond motifs is 4. The minimum absolute atomic E-state index is 0.123.